The van der Waals surface area contributed by atoms with E-state index in [1.165, 1.54) is 0 Å². The summed E-state index contributed by atoms with van der Waals surface area (Å²) < 4.78 is 37.9. The van der Waals surface area contributed by atoms with Crippen LogP contribution in [0, 0.1) is 0 Å². The van der Waals surface area contributed by atoms with Crippen LogP contribution in [0.5, 0.6) is 0 Å². The molecule has 0 aliphatic carbocycles. The van der Waals surface area contributed by atoms with Gasteiger partial charge in [-0.2, -0.15) is 13.2 Å². The molecular formula is C15H15F3N2OS. The number of rotatable bonds is 2. The summed E-state index contributed by atoms with van der Waals surface area (Å²) in [5.41, 5.74) is -0.0632. The van der Waals surface area contributed by atoms with Gasteiger partial charge in [0.1, 0.15) is 4.88 Å². The Morgan fingerprint density at radius 3 is 2.32 bits per heavy atom. The summed E-state index contributed by atoms with van der Waals surface area (Å²) in [5.74, 6) is 0. The van der Waals surface area contributed by atoms with Crippen molar-refractivity contribution in [3.05, 3.63) is 47.0 Å². The fourth-order valence-electron chi connectivity index (χ4n) is 2.65. The fraction of sp³-hybridized carbons (Fsp3) is 0.400. The highest BCUT2D eigenvalue weighted by Crippen LogP contribution is 2.39. The van der Waals surface area contributed by atoms with E-state index >= 15 is 0 Å². The molecule has 1 saturated heterocycles. The van der Waals surface area contributed by atoms with Gasteiger partial charge in [0.2, 0.25) is 0 Å². The topological polar surface area (TPSA) is 36.4 Å². The molecule has 3 rings (SSSR count). The Balaban J connectivity index is 1.71. The van der Waals surface area contributed by atoms with Crippen LogP contribution in [0.1, 0.15) is 23.3 Å². The average Bonchev–Trinajstić information content (AvgIpc) is 2.99. The molecule has 2 heterocycles. The molecule has 3 nitrogen and oxygen atoms in total. The molecule has 2 aromatic rings. The van der Waals surface area contributed by atoms with Crippen LogP contribution in [0.3, 0.4) is 0 Å². The zero-order valence-corrected chi connectivity index (χ0v) is 12.5. The zero-order chi connectivity index (χ0) is 15.8. The van der Waals surface area contributed by atoms with Crippen LogP contribution in [0.25, 0.3) is 0 Å². The quantitative estimate of drug-likeness (QED) is 0.914. The number of aromatic nitrogens is 1. The van der Waals surface area contributed by atoms with Gasteiger partial charge in [-0.25, -0.2) is 4.98 Å². The lowest BCUT2D eigenvalue weighted by Crippen LogP contribution is -2.42. The average molecular weight is 328 g/mol. The van der Waals surface area contributed by atoms with Gasteiger partial charge in [-0.05, 0) is 18.4 Å². The van der Waals surface area contributed by atoms with Crippen molar-refractivity contribution in [1.29, 1.82) is 0 Å². The van der Waals surface area contributed by atoms with Crippen molar-refractivity contribution in [3.63, 3.8) is 0 Å². The van der Waals surface area contributed by atoms with Gasteiger partial charge in [-0.15, -0.1) is 0 Å². The fourth-order valence-corrected chi connectivity index (χ4v) is 3.48. The van der Waals surface area contributed by atoms with Crippen LogP contribution < -0.4 is 4.90 Å². The van der Waals surface area contributed by atoms with E-state index < -0.39 is 16.7 Å². The highest BCUT2D eigenvalue weighted by Gasteiger charge is 2.37. The summed E-state index contributed by atoms with van der Waals surface area (Å²) in [6.07, 6.45) is -2.54. The van der Waals surface area contributed by atoms with E-state index in [-0.39, 0.29) is 0 Å². The first-order valence-electron chi connectivity index (χ1n) is 6.94. The maximum absolute atomic E-state index is 12.6. The van der Waals surface area contributed by atoms with Crippen LogP contribution in [-0.2, 0) is 11.8 Å². The van der Waals surface area contributed by atoms with E-state index in [0.29, 0.717) is 42.4 Å². The molecule has 0 radical (unpaired) electrons. The van der Waals surface area contributed by atoms with E-state index in [9.17, 15) is 18.3 Å². The Kier molecular flexibility index (Phi) is 3.86. The summed E-state index contributed by atoms with van der Waals surface area (Å²) in [4.78, 5) is 4.98. The summed E-state index contributed by atoms with van der Waals surface area (Å²) in [6.45, 7) is 0.965. The molecule has 1 aliphatic rings. The van der Waals surface area contributed by atoms with Gasteiger partial charge in [-0.1, -0.05) is 41.7 Å². The lowest BCUT2D eigenvalue weighted by atomic mass is 9.85. The van der Waals surface area contributed by atoms with Gasteiger partial charge < -0.3 is 10.0 Å². The van der Waals surface area contributed by atoms with Crippen molar-refractivity contribution < 1.29 is 18.3 Å². The van der Waals surface area contributed by atoms with Crippen LogP contribution in [-0.4, -0.2) is 23.2 Å². The lowest BCUT2D eigenvalue weighted by Gasteiger charge is -2.38. The normalized spacial score (nSPS) is 18.5. The van der Waals surface area contributed by atoms with E-state index in [4.69, 9.17) is 0 Å². The Labute approximate surface area is 130 Å². The SMILES string of the molecule is OC1(c2ccccc2)CCN(c2ncc(C(F)(F)F)s2)CC1. The van der Waals surface area contributed by atoms with E-state index in [1.54, 1.807) is 4.90 Å². The highest BCUT2D eigenvalue weighted by molar-refractivity contribution is 7.15. The van der Waals surface area contributed by atoms with E-state index in [1.807, 2.05) is 30.3 Å². The summed E-state index contributed by atoms with van der Waals surface area (Å²) in [7, 11) is 0. The van der Waals surface area contributed by atoms with Crippen LogP contribution >= 0.6 is 11.3 Å². The minimum Gasteiger partial charge on any atom is -0.385 e. The molecule has 0 atom stereocenters. The van der Waals surface area contributed by atoms with Crippen LogP contribution in [0.15, 0.2) is 36.5 Å². The Bertz CT molecular complexity index is 634. The third-order valence-electron chi connectivity index (χ3n) is 3.95. The van der Waals surface area contributed by atoms with Gasteiger partial charge >= 0.3 is 6.18 Å². The Morgan fingerprint density at radius 1 is 1.14 bits per heavy atom. The molecule has 1 fully saturated rings. The second-order valence-corrected chi connectivity index (χ2v) is 6.40. The predicted octanol–water partition coefficient (Wildman–Crippen LogP) is 3.65. The third kappa shape index (κ3) is 2.96. The molecule has 1 aliphatic heterocycles. The first-order chi connectivity index (χ1) is 10.4. The molecule has 7 heteroatoms. The molecule has 0 bridgehead atoms. The molecule has 0 spiro atoms. The number of benzene rings is 1. The summed E-state index contributed by atoms with van der Waals surface area (Å²) in [6, 6.07) is 9.38. The van der Waals surface area contributed by atoms with E-state index in [0.717, 1.165) is 11.8 Å². The molecule has 0 unspecified atom stereocenters. The molecule has 1 aromatic carbocycles. The highest BCUT2D eigenvalue weighted by atomic mass is 32.1. The largest absolute Gasteiger partial charge is 0.427 e. The summed E-state index contributed by atoms with van der Waals surface area (Å²) in [5, 5.41) is 11.1. The molecule has 118 valence electrons. The minimum absolute atomic E-state index is 0.363. The predicted molar refractivity (Wildman–Crippen MR) is 78.9 cm³/mol. The van der Waals surface area contributed by atoms with Gasteiger partial charge in [0.15, 0.2) is 5.13 Å². The summed E-state index contributed by atoms with van der Waals surface area (Å²) >= 11 is 0.650. The number of aliphatic hydroxyl groups is 1. The smallest absolute Gasteiger partial charge is 0.385 e. The van der Waals surface area contributed by atoms with Crippen molar-refractivity contribution in [2.75, 3.05) is 18.0 Å². The van der Waals surface area contributed by atoms with Gasteiger partial charge in [0.25, 0.3) is 0 Å². The second-order valence-electron chi connectivity index (χ2n) is 5.39. The molecule has 1 N–H and O–H groups in total. The maximum atomic E-state index is 12.6. The Hall–Kier alpha value is -1.60. The van der Waals surface area contributed by atoms with Gasteiger partial charge in [0, 0.05) is 13.1 Å². The molecular weight excluding hydrogens is 313 g/mol. The zero-order valence-electron chi connectivity index (χ0n) is 11.7. The van der Waals surface area contributed by atoms with Crippen molar-refractivity contribution in [2.24, 2.45) is 0 Å². The third-order valence-corrected chi connectivity index (χ3v) is 5.05. The number of halogens is 3. The minimum atomic E-state index is -4.35. The van der Waals surface area contributed by atoms with Crippen molar-refractivity contribution in [3.8, 4) is 0 Å². The molecule has 1 aromatic heterocycles. The second kappa shape index (κ2) is 5.55. The van der Waals surface area contributed by atoms with Crippen molar-refractivity contribution in [2.45, 2.75) is 24.6 Å². The number of thiazole rings is 1. The van der Waals surface area contributed by atoms with E-state index in [2.05, 4.69) is 4.98 Å². The van der Waals surface area contributed by atoms with Crippen molar-refractivity contribution in [1.82, 2.24) is 4.98 Å². The number of piperidine rings is 1. The molecule has 22 heavy (non-hydrogen) atoms. The number of hydrogen-bond acceptors (Lipinski definition) is 4. The lowest BCUT2D eigenvalue weighted by molar-refractivity contribution is -0.134. The first-order valence-corrected chi connectivity index (χ1v) is 7.76. The number of alkyl halides is 3. The number of hydrogen-bond donors (Lipinski definition) is 1. The van der Waals surface area contributed by atoms with Crippen molar-refractivity contribution >= 4 is 16.5 Å². The number of nitrogens with zero attached hydrogens (tertiary/aromatic N) is 2. The number of anilines is 1. The monoisotopic (exact) mass is 328 g/mol. The standard InChI is InChI=1S/C15H15F3N2OS/c16-15(17,18)12-10-19-13(22-12)20-8-6-14(21,7-9-20)11-4-2-1-3-5-11/h1-5,10,21H,6-9H2. The van der Waals surface area contributed by atoms with Crippen LogP contribution in [0.2, 0.25) is 0 Å². The molecule has 0 saturated carbocycles. The van der Waals surface area contributed by atoms with Crippen LogP contribution in [0.4, 0.5) is 18.3 Å². The maximum Gasteiger partial charge on any atom is 0.427 e. The van der Waals surface area contributed by atoms with Gasteiger partial charge in [0.05, 0.1) is 11.8 Å². The first kappa shape index (κ1) is 15.3. The molecule has 0 amide bonds. The Morgan fingerprint density at radius 2 is 1.77 bits per heavy atom. The van der Waals surface area contributed by atoms with Gasteiger partial charge in [-0.3, -0.25) is 0 Å².